The molecule has 2 unspecified atom stereocenters. The van der Waals surface area contributed by atoms with Crippen LogP contribution in [0, 0.1) is 17.3 Å². The smallest absolute Gasteiger partial charge is 0.0647 e. The lowest BCUT2D eigenvalue weighted by Crippen LogP contribution is -2.39. The zero-order valence-corrected chi connectivity index (χ0v) is 11.1. The highest BCUT2D eigenvalue weighted by Gasteiger charge is 2.36. The summed E-state index contributed by atoms with van der Waals surface area (Å²) in [6.45, 7) is 11.2. The van der Waals surface area contributed by atoms with E-state index in [0.29, 0.717) is 17.3 Å². The molecule has 1 heteroatoms. The van der Waals surface area contributed by atoms with E-state index >= 15 is 0 Å². The fourth-order valence-corrected chi connectivity index (χ4v) is 2.18. The fourth-order valence-electron chi connectivity index (χ4n) is 2.18. The van der Waals surface area contributed by atoms with Gasteiger partial charge in [-0.05, 0) is 49.9 Å². The highest BCUT2D eigenvalue weighted by molar-refractivity contribution is 4.88. The molecule has 0 amide bonds. The molecule has 1 rings (SSSR count). The van der Waals surface area contributed by atoms with Crippen molar-refractivity contribution in [2.45, 2.75) is 72.3 Å². The molecular weight excluding hydrogens is 184 g/mol. The van der Waals surface area contributed by atoms with Gasteiger partial charge in [0.1, 0.15) is 0 Å². The minimum absolute atomic E-state index is 0.371. The molecule has 1 N–H and O–H groups in total. The first kappa shape index (κ1) is 13.0. The molecule has 1 aliphatic carbocycles. The van der Waals surface area contributed by atoms with Crippen LogP contribution in [0.5, 0.6) is 0 Å². The van der Waals surface area contributed by atoms with E-state index in [1.807, 2.05) is 6.92 Å². The lowest BCUT2D eigenvalue weighted by Gasteiger charge is -2.40. The van der Waals surface area contributed by atoms with Crippen LogP contribution in [0.4, 0.5) is 0 Å². The molecule has 0 aromatic heterocycles. The maximum absolute atomic E-state index is 10.3. The van der Waals surface area contributed by atoms with E-state index in [2.05, 4.69) is 27.7 Å². The minimum Gasteiger partial charge on any atom is -0.390 e. The third kappa shape index (κ3) is 3.48. The van der Waals surface area contributed by atoms with Gasteiger partial charge in [0.2, 0.25) is 0 Å². The highest BCUT2D eigenvalue weighted by atomic mass is 16.3. The molecule has 1 nitrogen and oxygen atoms in total. The number of hydrogen-bond acceptors (Lipinski definition) is 1. The van der Waals surface area contributed by atoms with E-state index in [1.54, 1.807) is 0 Å². The summed E-state index contributed by atoms with van der Waals surface area (Å²) in [6.07, 6.45) is 5.90. The summed E-state index contributed by atoms with van der Waals surface area (Å²) in [4.78, 5) is 0. The zero-order chi connectivity index (χ0) is 11.7. The third-order valence-electron chi connectivity index (χ3n) is 4.55. The third-order valence-corrected chi connectivity index (χ3v) is 4.55. The summed E-state index contributed by atoms with van der Waals surface area (Å²) in [5, 5.41) is 10.3. The topological polar surface area (TPSA) is 20.2 Å². The molecule has 1 fully saturated rings. The molecule has 90 valence electrons. The van der Waals surface area contributed by atoms with Crippen LogP contribution < -0.4 is 0 Å². The average molecular weight is 212 g/mol. The van der Waals surface area contributed by atoms with Crippen molar-refractivity contribution in [3.05, 3.63) is 0 Å². The molecule has 0 heterocycles. The van der Waals surface area contributed by atoms with E-state index < -0.39 is 5.60 Å². The van der Waals surface area contributed by atoms with Gasteiger partial charge in [-0.25, -0.2) is 0 Å². The van der Waals surface area contributed by atoms with Gasteiger partial charge in [0, 0.05) is 0 Å². The van der Waals surface area contributed by atoms with Crippen LogP contribution >= 0.6 is 0 Å². The Hall–Kier alpha value is -0.0400. The maximum Gasteiger partial charge on any atom is 0.0647 e. The van der Waals surface area contributed by atoms with Gasteiger partial charge in [0.15, 0.2) is 0 Å². The molecule has 0 aromatic carbocycles. The van der Waals surface area contributed by atoms with Gasteiger partial charge in [0.25, 0.3) is 0 Å². The van der Waals surface area contributed by atoms with Gasteiger partial charge in [-0.15, -0.1) is 0 Å². The SMILES string of the molecule is CC(CCC(C)(O)C1CCC1)C(C)(C)C. The Morgan fingerprint density at radius 1 is 1.20 bits per heavy atom. The van der Waals surface area contributed by atoms with Gasteiger partial charge in [-0.1, -0.05) is 34.1 Å². The van der Waals surface area contributed by atoms with Crippen LogP contribution in [0.1, 0.15) is 66.7 Å². The Kier molecular flexibility index (Phi) is 3.86. The second-order valence-corrected chi connectivity index (χ2v) is 6.79. The van der Waals surface area contributed by atoms with Gasteiger partial charge in [-0.2, -0.15) is 0 Å². The average Bonchev–Trinajstić information content (AvgIpc) is 1.93. The molecule has 0 aromatic rings. The molecular formula is C14H28O. The largest absolute Gasteiger partial charge is 0.390 e. The molecule has 0 spiro atoms. The first-order chi connectivity index (χ1) is 6.73. The van der Waals surface area contributed by atoms with E-state index in [9.17, 15) is 5.11 Å². The Bertz CT molecular complexity index is 196. The molecule has 0 aliphatic heterocycles. The van der Waals surface area contributed by atoms with E-state index in [-0.39, 0.29) is 0 Å². The van der Waals surface area contributed by atoms with Crippen LogP contribution in [0.2, 0.25) is 0 Å². The monoisotopic (exact) mass is 212 g/mol. The Labute approximate surface area is 95.3 Å². The quantitative estimate of drug-likeness (QED) is 0.747. The second-order valence-electron chi connectivity index (χ2n) is 6.79. The first-order valence-electron chi connectivity index (χ1n) is 6.46. The molecule has 15 heavy (non-hydrogen) atoms. The molecule has 2 atom stereocenters. The van der Waals surface area contributed by atoms with Crippen LogP contribution in [0.15, 0.2) is 0 Å². The van der Waals surface area contributed by atoms with E-state index in [4.69, 9.17) is 0 Å². The minimum atomic E-state index is -0.405. The van der Waals surface area contributed by atoms with Crippen LogP contribution in [0.3, 0.4) is 0 Å². The number of hydrogen-bond donors (Lipinski definition) is 1. The maximum atomic E-state index is 10.3. The van der Waals surface area contributed by atoms with Gasteiger partial charge >= 0.3 is 0 Å². The van der Waals surface area contributed by atoms with Gasteiger partial charge in [-0.3, -0.25) is 0 Å². The number of rotatable bonds is 4. The van der Waals surface area contributed by atoms with Crippen LogP contribution in [-0.2, 0) is 0 Å². The summed E-state index contributed by atoms with van der Waals surface area (Å²) in [5.74, 6) is 1.26. The molecule has 1 saturated carbocycles. The van der Waals surface area contributed by atoms with Crippen molar-refractivity contribution in [1.82, 2.24) is 0 Å². The van der Waals surface area contributed by atoms with Crippen LogP contribution in [-0.4, -0.2) is 10.7 Å². The van der Waals surface area contributed by atoms with Crippen molar-refractivity contribution >= 4 is 0 Å². The number of aliphatic hydroxyl groups is 1. The summed E-state index contributed by atoms with van der Waals surface area (Å²) < 4.78 is 0. The van der Waals surface area contributed by atoms with Gasteiger partial charge in [0.05, 0.1) is 5.60 Å². The predicted octanol–water partition coefficient (Wildman–Crippen LogP) is 4.00. The molecule has 0 bridgehead atoms. The summed E-state index contributed by atoms with van der Waals surface area (Å²) in [7, 11) is 0. The standard InChI is InChI=1S/C14H28O/c1-11(13(2,3)4)9-10-14(5,15)12-7-6-8-12/h11-12,15H,6-10H2,1-5H3. The highest BCUT2D eigenvalue weighted by Crippen LogP contribution is 2.40. The summed E-state index contributed by atoms with van der Waals surface area (Å²) in [5.41, 5.74) is -0.0343. The molecule has 0 saturated heterocycles. The summed E-state index contributed by atoms with van der Waals surface area (Å²) in [6, 6.07) is 0. The predicted molar refractivity (Wildman–Crippen MR) is 65.8 cm³/mol. The van der Waals surface area contributed by atoms with Crippen molar-refractivity contribution in [1.29, 1.82) is 0 Å². The molecule has 1 aliphatic rings. The Morgan fingerprint density at radius 2 is 1.73 bits per heavy atom. The Morgan fingerprint density at radius 3 is 2.07 bits per heavy atom. The zero-order valence-electron chi connectivity index (χ0n) is 11.1. The van der Waals surface area contributed by atoms with Crippen molar-refractivity contribution in [2.75, 3.05) is 0 Å². The lowest BCUT2D eigenvalue weighted by atomic mass is 9.69. The van der Waals surface area contributed by atoms with E-state index in [1.165, 1.54) is 19.3 Å². The van der Waals surface area contributed by atoms with Crippen molar-refractivity contribution in [3.8, 4) is 0 Å². The fraction of sp³-hybridized carbons (Fsp3) is 1.00. The summed E-state index contributed by atoms with van der Waals surface area (Å²) >= 11 is 0. The first-order valence-corrected chi connectivity index (χ1v) is 6.46. The van der Waals surface area contributed by atoms with E-state index in [0.717, 1.165) is 12.8 Å². The van der Waals surface area contributed by atoms with Crippen molar-refractivity contribution in [3.63, 3.8) is 0 Å². The van der Waals surface area contributed by atoms with Gasteiger partial charge < -0.3 is 5.11 Å². The van der Waals surface area contributed by atoms with Crippen LogP contribution in [0.25, 0.3) is 0 Å². The lowest BCUT2D eigenvalue weighted by molar-refractivity contribution is -0.0474. The second kappa shape index (κ2) is 4.45. The van der Waals surface area contributed by atoms with Crippen molar-refractivity contribution in [2.24, 2.45) is 17.3 Å². The normalized spacial score (nSPS) is 24.4. The van der Waals surface area contributed by atoms with Crippen molar-refractivity contribution < 1.29 is 5.11 Å². The molecule has 0 radical (unpaired) electrons. The Balaban J connectivity index is 2.35.